The van der Waals surface area contributed by atoms with Gasteiger partial charge in [-0.25, -0.2) is 9.97 Å². The van der Waals surface area contributed by atoms with E-state index in [-0.39, 0.29) is 35.6 Å². The fourth-order valence-electron chi connectivity index (χ4n) is 4.49. The SMILES string of the molecule is O=C1COCCN1C1CCc2ccccc2C1Nc1ncnc2[nH]c(C(F)(F)F)cc12. The number of nitrogens with zero attached hydrogens (tertiary/aromatic N) is 3. The number of ether oxygens (including phenoxy) is 1. The molecule has 1 aliphatic heterocycles. The van der Waals surface area contributed by atoms with E-state index in [9.17, 15) is 18.0 Å². The van der Waals surface area contributed by atoms with Crippen LogP contribution >= 0.6 is 0 Å². The lowest BCUT2D eigenvalue weighted by molar-refractivity contribution is -0.146. The zero-order valence-corrected chi connectivity index (χ0v) is 16.4. The number of halogens is 3. The smallest absolute Gasteiger partial charge is 0.370 e. The van der Waals surface area contributed by atoms with E-state index in [4.69, 9.17) is 4.74 Å². The van der Waals surface area contributed by atoms with Gasteiger partial charge in [-0.05, 0) is 30.0 Å². The number of aromatic nitrogens is 3. The molecular formula is C21H20F3N5O2. The van der Waals surface area contributed by atoms with Gasteiger partial charge in [-0.15, -0.1) is 0 Å². The van der Waals surface area contributed by atoms with Crippen LogP contribution in [0, 0.1) is 0 Å². The largest absolute Gasteiger partial charge is 0.431 e. The van der Waals surface area contributed by atoms with E-state index in [1.165, 1.54) is 6.33 Å². The van der Waals surface area contributed by atoms with Crippen molar-refractivity contribution in [2.75, 3.05) is 25.1 Å². The van der Waals surface area contributed by atoms with Gasteiger partial charge < -0.3 is 19.9 Å². The predicted octanol–water partition coefficient (Wildman–Crippen LogP) is 3.30. The van der Waals surface area contributed by atoms with E-state index >= 15 is 0 Å². The Balaban J connectivity index is 1.56. The monoisotopic (exact) mass is 431 g/mol. The molecule has 1 aliphatic carbocycles. The number of morpholine rings is 1. The lowest BCUT2D eigenvalue weighted by Crippen LogP contribution is -2.52. The number of rotatable bonds is 3. The first-order valence-corrected chi connectivity index (χ1v) is 10.0. The zero-order chi connectivity index (χ0) is 21.6. The van der Waals surface area contributed by atoms with Crippen LogP contribution in [0.2, 0.25) is 0 Å². The van der Waals surface area contributed by atoms with Gasteiger partial charge in [0.05, 0.1) is 24.1 Å². The number of benzene rings is 1. The molecule has 0 spiro atoms. The minimum absolute atomic E-state index is 0.0371. The van der Waals surface area contributed by atoms with Gasteiger partial charge in [0, 0.05) is 6.54 Å². The minimum atomic E-state index is -4.52. The van der Waals surface area contributed by atoms with E-state index in [1.54, 1.807) is 0 Å². The summed E-state index contributed by atoms with van der Waals surface area (Å²) in [5, 5.41) is 3.59. The molecule has 3 heterocycles. The van der Waals surface area contributed by atoms with Gasteiger partial charge >= 0.3 is 6.18 Å². The molecule has 162 valence electrons. The molecule has 10 heteroatoms. The third-order valence-electron chi connectivity index (χ3n) is 5.93. The average molecular weight is 431 g/mol. The maximum Gasteiger partial charge on any atom is 0.431 e. The van der Waals surface area contributed by atoms with E-state index in [1.807, 2.05) is 29.2 Å². The quantitative estimate of drug-likeness (QED) is 0.665. The van der Waals surface area contributed by atoms with E-state index in [0.29, 0.717) is 19.0 Å². The Kier molecular flexibility index (Phi) is 4.81. The molecule has 0 radical (unpaired) electrons. The number of fused-ring (bicyclic) bond motifs is 2. The second-order valence-electron chi connectivity index (χ2n) is 7.73. The first-order chi connectivity index (χ1) is 14.9. The van der Waals surface area contributed by atoms with Crippen molar-refractivity contribution in [2.24, 2.45) is 0 Å². The number of hydrogen-bond donors (Lipinski definition) is 2. The molecule has 1 amide bonds. The fourth-order valence-corrected chi connectivity index (χ4v) is 4.49. The van der Waals surface area contributed by atoms with Crippen molar-refractivity contribution in [1.29, 1.82) is 0 Å². The van der Waals surface area contributed by atoms with Gasteiger partial charge in [0.1, 0.15) is 30.1 Å². The molecule has 7 nitrogen and oxygen atoms in total. The third-order valence-corrected chi connectivity index (χ3v) is 5.93. The van der Waals surface area contributed by atoms with Crippen LogP contribution in [0.25, 0.3) is 11.0 Å². The highest BCUT2D eigenvalue weighted by molar-refractivity contribution is 5.88. The molecule has 2 aliphatic rings. The lowest BCUT2D eigenvalue weighted by Gasteiger charge is -2.42. The van der Waals surface area contributed by atoms with E-state index in [2.05, 4.69) is 20.3 Å². The molecule has 2 unspecified atom stereocenters. The molecule has 1 saturated heterocycles. The number of amides is 1. The molecule has 3 aromatic rings. The number of carbonyl (C=O) groups excluding carboxylic acids is 1. The fraction of sp³-hybridized carbons (Fsp3) is 0.381. The van der Waals surface area contributed by atoms with Crippen LogP contribution in [0.15, 0.2) is 36.7 Å². The van der Waals surface area contributed by atoms with Crippen LogP contribution in [0.5, 0.6) is 0 Å². The molecule has 1 fully saturated rings. The van der Waals surface area contributed by atoms with E-state index < -0.39 is 11.9 Å². The first kappa shape index (κ1) is 19.8. The average Bonchev–Trinajstić information content (AvgIpc) is 3.21. The minimum Gasteiger partial charge on any atom is -0.370 e. The van der Waals surface area contributed by atoms with Crippen molar-refractivity contribution < 1.29 is 22.7 Å². The summed E-state index contributed by atoms with van der Waals surface area (Å²) in [6, 6.07) is 8.43. The number of anilines is 1. The molecular weight excluding hydrogens is 411 g/mol. The Bertz CT molecular complexity index is 1130. The van der Waals surface area contributed by atoms with Crippen molar-refractivity contribution in [3.63, 3.8) is 0 Å². The number of H-pyrrole nitrogens is 1. The first-order valence-electron chi connectivity index (χ1n) is 10.0. The Morgan fingerprint density at radius 1 is 1.23 bits per heavy atom. The van der Waals surface area contributed by atoms with Crippen LogP contribution in [0.4, 0.5) is 19.0 Å². The number of alkyl halides is 3. The Labute approximate surface area is 175 Å². The van der Waals surface area contributed by atoms with Crippen LogP contribution in [-0.4, -0.2) is 51.6 Å². The van der Waals surface area contributed by atoms with Gasteiger partial charge in [0.15, 0.2) is 0 Å². The standard InChI is InChI=1S/C21H20F3N5O2/c22-21(23,24)16-9-14-19(27-16)25-11-26-20(14)28-18-13-4-2-1-3-12(13)5-6-15(18)29-7-8-31-10-17(29)30/h1-4,9,11,15,18H,5-8,10H2,(H2,25,26,27,28). The maximum absolute atomic E-state index is 13.2. The molecule has 2 N–H and O–H groups in total. The highest BCUT2D eigenvalue weighted by Gasteiger charge is 2.38. The summed E-state index contributed by atoms with van der Waals surface area (Å²) < 4.78 is 44.9. The molecule has 31 heavy (non-hydrogen) atoms. The van der Waals surface area contributed by atoms with Crippen LogP contribution in [0.1, 0.15) is 29.3 Å². The summed E-state index contributed by atoms with van der Waals surface area (Å²) in [6.45, 7) is 0.974. The van der Waals surface area contributed by atoms with Gasteiger partial charge in [-0.3, -0.25) is 4.79 Å². The van der Waals surface area contributed by atoms with Crippen LogP contribution in [0.3, 0.4) is 0 Å². The van der Waals surface area contributed by atoms with Gasteiger partial charge in [0.25, 0.3) is 0 Å². The predicted molar refractivity (Wildman–Crippen MR) is 106 cm³/mol. The third kappa shape index (κ3) is 3.60. The molecule has 2 atom stereocenters. The van der Waals surface area contributed by atoms with Crippen molar-refractivity contribution in [3.8, 4) is 0 Å². The normalized spacial score (nSPS) is 21.9. The van der Waals surface area contributed by atoms with E-state index in [0.717, 1.165) is 30.0 Å². The molecule has 0 bridgehead atoms. The Hall–Kier alpha value is -3.14. The number of aryl methyl sites for hydroxylation is 1. The summed E-state index contributed by atoms with van der Waals surface area (Å²) >= 11 is 0. The lowest BCUT2D eigenvalue weighted by atomic mass is 9.83. The highest BCUT2D eigenvalue weighted by Crippen LogP contribution is 2.38. The second kappa shape index (κ2) is 7.52. The van der Waals surface area contributed by atoms with Crippen LogP contribution < -0.4 is 5.32 Å². The number of hydrogen-bond acceptors (Lipinski definition) is 5. The summed E-state index contributed by atoms with van der Waals surface area (Å²) in [5.74, 6) is 0.209. The number of carbonyl (C=O) groups is 1. The van der Waals surface area contributed by atoms with Gasteiger partial charge in [0.2, 0.25) is 5.91 Å². The van der Waals surface area contributed by atoms with Crippen molar-refractivity contribution in [1.82, 2.24) is 19.9 Å². The number of nitrogens with one attached hydrogen (secondary N) is 2. The Morgan fingerprint density at radius 3 is 2.87 bits per heavy atom. The molecule has 2 aromatic heterocycles. The van der Waals surface area contributed by atoms with Crippen molar-refractivity contribution >= 4 is 22.8 Å². The second-order valence-corrected chi connectivity index (χ2v) is 7.73. The van der Waals surface area contributed by atoms with Gasteiger partial charge in [-0.1, -0.05) is 24.3 Å². The zero-order valence-electron chi connectivity index (χ0n) is 16.4. The summed E-state index contributed by atoms with van der Waals surface area (Å²) in [7, 11) is 0. The Morgan fingerprint density at radius 2 is 2.06 bits per heavy atom. The molecule has 5 rings (SSSR count). The summed E-state index contributed by atoms with van der Waals surface area (Å²) in [5.41, 5.74) is 1.38. The van der Waals surface area contributed by atoms with Crippen LogP contribution in [-0.2, 0) is 22.1 Å². The molecule has 0 saturated carbocycles. The van der Waals surface area contributed by atoms with Gasteiger partial charge in [-0.2, -0.15) is 13.2 Å². The summed E-state index contributed by atoms with van der Waals surface area (Å²) in [6.07, 6.45) is -1.75. The highest BCUT2D eigenvalue weighted by atomic mass is 19.4. The topological polar surface area (TPSA) is 83.1 Å². The van der Waals surface area contributed by atoms with Crippen molar-refractivity contribution in [3.05, 3.63) is 53.5 Å². The maximum atomic E-state index is 13.2. The van der Waals surface area contributed by atoms with Crippen molar-refractivity contribution in [2.45, 2.75) is 31.1 Å². The number of aromatic amines is 1. The summed E-state index contributed by atoms with van der Waals surface area (Å²) in [4.78, 5) is 24.9. The molecule has 1 aromatic carbocycles.